The van der Waals surface area contributed by atoms with Crippen molar-refractivity contribution in [3.05, 3.63) is 22.2 Å². The Hall–Kier alpha value is -0.700. The molecule has 0 spiro atoms. The third kappa shape index (κ3) is 2.65. The first-order valence-corrected chi connectivity index (χ1v) is 5.61. The van der Waals surface area contributed by atoms with E-state index >= 15 is 0 Å². The van der Waals surface area contributed by atoms with Gasteiger partial charge < -0.3 is 9.47 Å². The van der Waals surface area contributed by atoms with Crippen LogP contribution in [0.5, 0.6) is 11.5 Å². The predicted octanol–water partition coefficient (Wildman–Crippen LogP) is 3.76. The highest BCUT2D eigenvalue weighted by Crippen LogP contribution is 2.38. The lowest BCUT2D eigenvalue weighted by Gasteiger charge is -2.21. The maximum Gasteiger partial charge on any atom is 0.137 e. The van der Waals surface area contributed by atoms with Gasteiger partial charge in [0.05, 0.1) is 14.2 Å². The van der Waals surface area contributed by atoms with Crippen LogP contribution in [0.4, 0.5) is 0 Å². The summed E-state index contributed by atoms with van der Waals surface area (Å²) in [5, 5.41) is 0. The van der Waals surface area contributed by atoms with Gasteiger partial charge in [0.2, 0.25) is 0 Å². The SMILES string of the molecule is COc1cc(C(C)(C)C)cc(OC)c1Br. The van der Waals surface area contributed by atoms with Crippen LogP contribution in [0.15, 0.2) is 16.6 Å². The average molecular weight is 273 g/mol. The average Bonchev–Trinajstić information content (AvgIpc) is 2.16. The lowest BCUT2D eigenvalue weighted by molar-refractivity contribution is 0.386. The molecule has 0 heterocycles. The minimum absolute atomic E-state index is 0.0846. The number of hydrogen-bond donors (Lipinski definition) is 0. The Morgan fingerprint density at radius 3 is 1.67 bits per heavy atom. The van der Waals surface area contributed by atoms with Crippen molar-refractivity contribution in [2.45, 2.75) is 26.2 Å². The zero-order chi connectivity index (χ0) is 11.6. The van der Waals surface area contributed by atoms with E-state index in [0.29, 0.717) is 0 Å². The molecule has 1 rings (SSSR count). The van der Waals surface area contributed by atoms with Gasteiger partial charge in [-0.3, -0.25) is 0 Å². The minimum Gasteiger partial charge on any atom is -0.495 e. The van der Waals surface area contributed by atoms with Crippen molar-refractivity contribution in [3.63, 3.8) is 0 Å². The van der Waals surface area contributed by atoms with Crippen LogP contribution in [-0.2, 0) is 5.41 Å². The Bertz CT molecular complexity index is 328. The van der Waals surface area contributed by atoms with E-state index in [1.165, 1.54) is 5.56 Å². The third-order valence-corrected chi connectivity index (χ3v) is 3.09. The molecule has 2 nitrogen and oxygen atoms in total. The van der Waals surface area contributed by atoms with Gasteiger partial charge in [0.1, 0.15) is 16.0 Å². The van der Waals surface area contributed by atoms with Crippen LogP contribution >= 0.6 is 15.9 Å². The molecule has 15 heavy (non-hydrogen) atoms. The molecular weight excluding hydrogens is 256 g/mol. The smallest absolute Gasteiger partial charge is 0.137 e. The standard InChI is InChI=1S/C12H17BrO2/c1-12(2,3)8-6-9(14-4)11(13)10(7-8)15-5/h6-7H,1-5H3. The first-order chi connectivity index (χ1) is 6.90. The van der Waals surface area contributed by atoms with E-state index in [4.69, 9.17) is 9.47 Å². The quantitative estimate of drug-likeness (QED) is 0.816. The lowest BCUT2D eigenvalue weighted by Crippen LogP contribution is -2.11. The molecule has 0 aliphatic carbocycles. The minimum atomic E-state index is 0.0846. The molecule has 0 saturated heterocycles. The molecule has 1 aromatic rings. The van der Waals surface area contributed by atoms with Crippen LogP contribution in [0, 0.1) is 0 Å². The second-order valence-corrected chi connectivity index (χ2v) is 5.24. The molecule has 0 fully saturated rings. The number of methoxy groups -OCH3 is 2. The zero-order valence-corrected chi connectivity index (χ0v) is 11.4. The van der Waals surface area contributed by atoms with Crippen LogP contribution < -0.4 is 9.47 Å². The summed E-state index contributed by atoms with van der Waals surface area (Å²) in [4.78, 5) is 0. The van der Waals surface area contributed by atoms with E-state index in [0.717, 1.165) is 16.0 Å². The Kier molecular flexibility index (Phi) is 3.66. The molecule has 0 aliphatic rings. The summed E-state index contributed by atoms with van der Waals surface area (Å²) < 4.78 is 11.5. The first kappa shape index (κ1) is 12.4. The lowest BCUT2D eigenvalue weighted by atomic mass is 9.87. The summed E-state index contributed by atoms with van der Waals surface area (Å²) in [6, 6.07) is 4.07. The molecule has 0 amide bonds. The number of benzene rings is 1. The number of ether oxygens (including phenoxy) is 2. The fraction of sp³-hybridized carbons (Fsp3) is 0.500. The van der Waals surface area contributed by atoms with Gasteiger partial charge in [0.25, 0.3) is 0 Å². The van der Waals surface area contributed by atoms with Gasteiger partial charge in [-0.05, 0) is 39.0 Å². The molecule has 1 aromatic carbocycles. The van der Waals surface area contributed by atoms with E-state index in [1.54, 1.807) is 14.2 Å². The summed E-state index contributed by atoms with van der Waals surface area (Å²) in [7, 11) is 3.32. The molecule has 0 N–H and O–H groups in total. The number of rotatable bonds is 2. The van der Waals surface area contributed by atoms with Crippen molar-refractivity contribution in [2.24, 2.45) is 0 Å². The summed E-state index contributed by atoms with van der Waals surface area (Å²) in [6.45, 7) is 6.49. The molecule has 0 saturated carbocycles. The zero-order valence-electron chi connectivity index (χ0n) is 9.85. The summed E-state index contributed by atoms with van der Waals surface area (Å²) >= 11 is 3.45. The van der Waals surface area contributed by atoms with Crippen LogP contribution in [0.25, 0.3) is 0 Å². The van der Waals surface area contributed by atoms with Crippen LogP contribution in [0.3, 0.4) is 0 Å². The highest BCUT2D eigenvalue weighted by Gasteiger charge is 2.18. The monoisotopic (exact) mass is 272 g/mol. The normalized spacial score (nSPS) is 11.3. The molecule has 0 radical (unpaired) electrons. The maximum atomic E-state index is 5.30. The second-order valence-electron chi connectivity index (χ2n) is 4.44. The highest BCUT2D eigenvalue weighted by molar-refractivity contribution is 9.10. The Balaban J connectivity index is 3.33. The van der Waals surface area contributed by atoms with E-state index in [2.05, 4.69) is 36.7 Å². The molecular formula is C12H17BrO2. The van der Waals surface area contributed by atoms with Gasteiger partial charge in [-0.25, -0.2) is 0 Å². The first-order valence-electron chi connectivity index (χ1n) is 4.82. The predicted molar refractivity (Wildman–Crippen MR) is 65.9 cm³/mol. The van der Waals surface area contributed by atoms with Gasteiger partial charge in [0, 0.05) is 0 Å². The van der Waals surface area contributed by atoms with Crippen molar-refractivity contribution >= 4 is 15.9 Å². The van der Waals surface area contributed by atoms with Crippen molar-refractivity contribution in [1.82, 2.24) is 0 Å². The molecule has 0 aromatic heterocycles. The van der Waals surface area contributed by atoms with Crippen molar-refractivity contribution in [1.29, 1.82) is 0 Å². The Morgan fingerprint density at radius 1 is 1.00 bits per heavy atom. The van der Waals surface area contributed by atoms with Gasteiger partial charge >= 0.3 is 0 Å². The van der Waals surface area contributed by atoms with E-state index < -0.39 is 0 Å². The number of hydrogen-bond acceptors (Lipinski definition) is 2. The fourth-order valence-corrected chi connectivity index (χ4v) is 1.86. The second kappa shape index (κ2) is 4.44. The molecule has 0 atom stereocenters. The summed E-state index contributed by atoms with van der Waals surface area (Å²) in [5.74, 6) is 1.61. The summed E-state index contributed by atoms with van der Waals surface area (Å²) in [6.07, 6.45) is 0. The van der Waals surface area contributed by atoms with E-state index in [-0.39, 0.29) is 5.41 Å². The Labute approximate surface area is 99.7 Å². The Morgan fingerprint density at radius 2 is 1.40 bits per heavy atom. The van der Waals surface area contributed by atoms with Gasteiger partial charge in [-0.2, -0.15) is 0 Å². The van der Waals surface area contributed by atoms with Crippen molar-refractivity contribution < 1.29 is 9.47 Å². The number of halogens is 1. The summed E-state index contributed by atoms with van der Waals surface area (Å²) in [5.41, 5.74) is 1.28. The van der Waals surface area contributed by atoms with Gasteiger partial charge in [-0.1, -0.05) is 20.8 Å². The van der Waals surface area contributed by atoms with Crippen LogP contribution in [0.2, 0.25) is 0 Å². The van der Waals surface area contributed by atoms with E-state index in [1.807, 2.05) is 12.1 Å². The van der Waals surface area contributed by atoms with Crippen molar-refractivity contribution in [3.8, 4) is 11.5 Å². The molecule has 0 bridgehead atoms. The molecule has 3 heteroatoms. The van der Waals surface area contributed by atoms with Gasteiger partial charge in [-0.15, -0.1) is 0 Å². The van der Waals surface area contributed by atoms with Gasteiger partial charge in [0.15, 0.2) is 0 Å². The molecule has 0 aliphatic heterocycles. The van der Waals surface area contributed by atoms with E-state index in [9.17, 15) is 0 Å². The molecule has 0 unspecified atom stereocenters. The topological polar surface area (TPSA) is 18.5 Å². The van der Waals surface area contributed by atoms with Crippen LogP contribution in [0.1, 0.15) is 26.3 Å². The van der Waals surface area contributed by atoms with Crippen LogP contribution in [-0.4, -0.2) is 14.2 Å². The molecule has 84 valence electrons. The van der Waals surface area contributed by atoms with Crippen molar-refractivity contribution in [2.75, 3.05) is 14.2 Å². The largest absolute Gasteiger partial charge is 0.495 e. The highest BCUT2D eigenvalue weighted by atomic mass is 79.9. The maximum absolute atomic E-state index is 5.30. The third-order valence-electron chi connectivity index (χ3n) is 2.31. The fourth-order valence-electron chi connectivity index (χ4n) is 1.30.